The van der Waals surface area contributed by atoms with Gasteiger partial charge in [-0.25, -0.2) is 4.79 Å². The zero-order chi connectivity index (χ0) is 14.7. The van der Waals surface area contributed by atoms with Crippen LogP contribution in [0.4, 0.5) is 4.79 Å². The number of carbonyl (C=O) groups is 1. The standard InChI is InChI=1S/C13H30N4O2/c1-11(14)5-8-16-7-3-4-9-17(13(18)19)10-6-12(2)15/h11-12,16H,3-10,14-15H2,1-2H3,(H,18,19). The number of rotatable bonds is 11. The van der Waals surface area contributed by atoms with E-state index in [2.05, 4.69) is 5.32 Å². The molecular weight excluding hydrogens is 244 g/mol. The van der Waals surface area contributed by atoms with Crippen molar-refractivity contribution in [2.45, 2.75) is 51.6 Å². The lowest BCUT2D eigenvalue weighted by Crippen LogP contribution is -2.34. The van der Waals surface area contributed by atoms with Gasteiger partial charge in [-0.3, -0.25) is 0 Å². The summed E-state index contributed by atoms with van der Waals surface area (Å²) in [5.41, 5.74) is 11.3. The van der Waals surface area contributed by atoms with Gasteiger partial charge >= 0.3 is 6.09 Å². The van der Waals surface area contributed by atoms with E-state index in [1.807, 2.05) is 13.8 Å². The first-order chi connectivity index (χ1) is 8.93. The number of nitrogens with zero attached hydrogens (tertiary/aromatic N) is 1. The number of nitrogens with one attached hydrogen (secondary N) is 1. The molecule has 6 N–H and O–H groups in total. The Balaban J connectivity index is 3.56. The SMILES string of the molecule is CC(N)CCNCCCCN(CCC(C)N)C(=O)O. The topological polar surface area (TPSA) is 105 Å². The van der Waals surface area contributed by atoms with Crippen molar-refractivity contribution < 1.29 is 9.90 Å². The third-order valence-corrected chi connectivity index (χ3v) is 2.93. The minimum absolute atomic E-state index is 0.0433. The summed E-state index contributed by atoms with van der Waals surface area (Å²) in [7, 11) is 0. The van der Waals surface area contributed by atoms with Crippen molar-refractivity contribution in [3.8, 4) is 0 Å². The maximum atomic E-state index is 11.0. The maximum absolute atomic E-state index is 11.0. The van der Waals surface area contributed by atoms with E-state index in [0.717, 1.165) is 32.4 Å². The molecule has 0 aromatic carbocycles. The van der Waals surface area contributed by atoms with Crippen LogP contribution < -0.4 is 16.8 Å². The molecule has 2 unspecified atom stereocenters. The lowest BCUT2D eigenvalue weighted by molar-refractivity contribution is 0.143. The number of carboxylic acid groups (broad SMARTS) is 1. The Morgan fingerprint density at radius 1 is 1.11 bits per heavy atom. The highest BCUT2D eigenvalue weighted by atomic mass is 16.4. The Morgan fingerprint density at radius 3 is 2.26 bits per heavy atom. The van der Waals surface area contributed by atoms with Crippen LogP contribution in [-0.4, -0.2) is 54.4 Å². The quantitative estimate of drug-likeness (QED) is 0.417. The summed E-state index contributed by atoms with van der Waals surface area (Å²) in [6, 6.07) is 0.273. The van der Waals surface area contributed by atoms with Crippen molar-refractivity contribution in [1.82, 2.24) is 10.2 Å². The van der Waals surface area contributed by atoms with E-state index in [1.165, 1.54) is 4.90 Å². The molecule has 1 amide bonds. The van der Waals surface area contributed by atoms with Gasteiger partial charge in [-0.2, -0.15) is 0 Å². The van der Waals surface area contributed by atoms with Gasteiger partial charge in [-0.15, -0.1) is 0 Å². The molecule has 6 nitrogen and oxygen atoms in total. The molecule has 0 aromatic rings. The Hall–Kier alpha value is -0.850. The van der Waals surface area contributed by atoms with E-state index < -0.39 is 6.09 Å². The van der Waals surface area contributed by atoms with Gasteiger partial charge in [0.05, 0.1) is 0 Å². The third kappa shape index (κ3) is 11.9. The number of unbranched alkanes of at least 4 members (excludes halogenated alkanes) is 1. The second-order valence-corrected chi connectivity index (χ2v) is 5.26. The highest BCUT2D eigenvalue weighted by Gasteiger charge is 2.11. The Kier molecular flexibility index (Phi) is 10.5. The van der Waals surface area contributed by atoms with Crippen LogP contribution in [0.15, 0.2) is 0 Å². The van der Waals surface area contributed by atoms with Gasteiger partial charge in [-0.05, 0) is 52.6 Å². The summed E-state index contributed by atoms with van der Waals surface area (Å²) in [6.07, 6.45) is 2.66. The lowest BCUT2D eigenvalue weighted by atomic mass is 10.2. The maximum Gasteiger partial charge on any atom is 0.407 e. The van der Waals surface area contributed by atoms with Crippen LogP contribution in [0.3, 0.4) is 0 Å². The zero-order valence-corrected chi connectivity index (χ0v) is 12.3. The molecule has 0 bridgehead atoms. The number of hydrogen-bond acceptors (Lipinski definition) is 4. The summed E-state index contributed by atoms with van der Waals surface area (Å²) in [5, 5.41) is 12.3. The predicted octanol–water partition coefficient (Wildman–Crippen LogP) is 0.811. The van der Waals surface area contributed by atoms with Gasteiger partial charge in [0.2, 0.25) is 0 Å². The fraction of sp³-hybridized carbons (Fsp3) is 0.923. The normalized spacial score (nSPS) is 14.1. The van der Waals surface area contributed by atoms with Crippen LogP contribution in [-0.2, 0) is 0 Å². The van der Waals surface area contributed by atoms with Gasteiger partial charge < -0.3 is 26.8 Å². The average molecular weight is 274 g/mol. The minimum Gasteiger partial charge on any atom is -0.465 e. The minimum atomic E-state index is -0.856. The van der Waals surface area contributed by atoms with Gasteiger partial charge in [0, 0.05) is 25.2 Å². The molecule has 0 heterocycles. The van der Waals surface area contributed by atoms with Crippen LogP contribution >= 0.6 is 0 Å². The molecule has 0 rings (SSSR count). The summed E-state index contributed by atoms with van der Waals surface area (Å²) in [6.45, 7) is 6.81. The summed E-state index contributed by atoms with van der Waals surface area (Å²) < 4.78 is 0. The van der Waals surface area contributed by atoms with Crippen LogP contribution in [0.1, 0.15) is 39.5 Å². The number of nitrogens with two attached hydrogens (primary N) is 2. The van der Waals surface area contributed by atoms with Crippen molar-refractivity contribution in [1.29, 1.82) is 0 Å². The molecule has 0 spiro atoms. The van der Waals surface area contributed by atoms with Crippen LogP contribution in [0.25, 0.3) is 0 Å². The van der Waals surface area contributed by atoms with Crippen molar-refractivity contribution >= 4 is 6.09 Å². The van der Waals surface area contributed by atoms with Gasteiger partial charge in [-0.1, -0.05) is 0 Å². The Labute approximate surface area is 116 Å². The van der Waals surface area contributed by atoms with Gasteiger partial charge in [0.15, 0.2) is 0 Å². The fourth-order valence-electron chi connectivity index (χ4n) is 1.67. The molecule has 6 heteroatoms. The molecule has 0 aromatic heterocycles. The van der Waals surface area contributed by atoms with Gasteiger partial charge in [0.25, 0.3) is 0 Å². The van der Waals surface area contributed by atoms with E-state index in [4.69, 9.17) is 16.6 Å². The fourth-order valence-corrected chi connectivity index (χ4v) is 1.67. The van der Waals surface area contributed by atoms with Crippen LogP contribution in [0.5, 0.6) is 0 Å². The Bertz CT molecular complexity index is 235. The van der Waals surface area contributed by atoms with E-state index in [1.54, 1.807) is 0 Å². The molecular formula is C13H30N4O2. The smallest absolute Gasteiger partial charge is 0.407 e. The van der Waals surface area contributed by atoms with Crippen molar-refractivity contribution in [3.05, 3.63) is 0 Å². The number of amides is 1. The first-order valence-corrected chi connectivity index (χ1v) is 7.13. The third-order valence-electron chi connectivity index (χ3n) is 2.93. The summed E-state index contributed by atoms with van der Waals surface area (Å²) in [5.74, 6) is 0. The molecule has 19 heavy (non-hydrogen) atoms. The Morgan fingerprint density at radius 2 is 1.74 bits per heavy atom. The molecule has 0 saturated heterocycles. The number of hydrogen-bond donors (Lipinski definition) is 4. The average Bonchev–Trinajstić information content (AvgIpc) is 2.30. The molecule has 0 fully saturated rings. The molecule has 114 valence electrons. The van der Waals surface area contributed by atoms with E-state index in [0.29, 0.717) is 19.5 Å². The second kappa shape index (κ2) is 11.0. The highest BCUT2D eigenvalue weighted by molar-refractivity contribution is 5.64. The second-order valence-electron chi connectivity index (χ2n) is 5.26. The van der Waals surface area contributed by atoms with E-state index >= 15 is 0 Å². The first-order valence-electron chi connectivity index (χ1n) is 7.13. The highest BCUT2D eigenvalue weighted by Crippen LogP contribution is 1.99. The molecule has 0 radical (unpaired) electrons. The van der Waals surface area contributed by atoms with Crippen molar-refractivity contribution in [2.75, 3.05) is 26.2 Å². The van der Waals surface area contributed by atoms with Crippen LogP contribution in [0.2, 0.25) is 0 Å². The van der Waals surface area contributed by atoms with Crippen LogP contribution in [0, 0.1) is 0 Å². The monoisotopic (exact) mass is 274 g/mol. The molecule has 0 saturated carbocycles. The summed E-state index contributed by atoms with van der Waals surface area (Å²) >= 11 is 0. The molecule has 0 aliphatic rings. The van der Waals surface area contributed by atoms with E-state index in [-0.39, 0.29) is 12.1 Å². The lowest BCUT2D eigenvalue weighted by Gasteiger charge is -2.20. The first kappa shape index (κ1) is 18.1. The molecule has 0 aliphatic carbocycles. The molecule has 2 atom stereocenters. The largest absolute Gasteiger partial charge is 0.465 e. The van der Waals surface area contributed by atoms with E-state index in [9.17, 15) is 4.79 Å². The van der Waals surface area contributed by atoms with Crippen molar-refractivity contribution in [3.63, 3.8) is 0 Å². The van der Waals surface area contributed by atoms with Crippen molar-refractivity contribution in [2.24, 2.45) is 11.5 Å². The summed E-state index contributed by atoms with van der Waals surface area (Å²) in [4.78, 5) is 12.5. The van der Waals surface area contributed by atoms with Gasteiger partial charge in [0.1, 0.15) is 0 Å². The molecule has 0 aliphatic heterocycles. The predicted molar refractivity (Wildman–Crippen MR) is 78.2 cm³/mol. The zero-order valence-electron chi connectivity index (χ0n) is 12.3.